The van der Waals surface area contributed by atoms with Crippen molar-refractivity contribution in [1.82, 2.24) is 19.2 Å². The van der Waals surface area contributed by atoms with Gasteiger partial charge in [0.2, 0.25) is 11.7 Å². The minimum absolute atomic E-state index is 0.114. The van der Waals surface area contributed by atoms with Gasteiger partial charge in [0, 0.05) is 35.5 Å². The average molecular weight is 419 g/mol. The van der Waals surface area contributed by atoms with E-state index in [-0.39, 0.29) is 30.1 Å². The van der Waals surface area contributed by atoms with Crippen molar-refractivity contribution in [2.75, 3.05) is 5.32 Å². The maximum Gasteiger partial charge on any atom is 0.279 e. The van der Waals surface area contributed by atoms with E-state index >= 15 is 0 Å². The van der Waals surface area contributed by atoms with Gasteiger partial charge in [-0.25, -0.2) is 4.39 Å². The number of carbonyl (C=O) groups excluding carboxylic acids is 1. The van der Waals surface area contributed by atoms with Crippen LogP contribution in [0.15, 0.2) is 59.4 Å². The molecular formula is C23H22FN5O2. The molecule has 1 amide bonds. The van der Waals surface area contributed by atoms with Crippen LogP contribution in [-0.2, 0) is 17.8 Å². The van der Waals surface area contributed by atoms with Gasteiger partial charge >= 0.3 is 0 Å². The summed E-state index contributed by atoms with van der Waals surface area (Å²) >= 11 is 0. The number of nitrogens with one attached hydrogen (secondary N) is 1. The number of nitrogens with zero attached hydrogens (tertiary/aromatic N) is 4. The fraction of sp³-hybridized carbons (Fsp3) is 0.217. The van der Waals surface area contributed by atoms with Crippen LogP contribution in [0.4, 0.5) is 10.1 Å². The molecule has 0 aliphatic carbocycles. The third-order valence-electron chi connectivity index (χ3n) is 5.20. The Balaban J connectivity index is 1.63. The Labute approximate surface area is 178 Å². The lowest BCUT2D eigenvalue weighted by Crippen LogP contribution is -2.27. The molecule has 0 saturated heterocycles. The van der Waals surface area contributed by atoms with Crippen LogP contribution in [0.5, 0.6) is 0 Å². The van der Waals surface area contributed by atoms with Crippen LogP contribution in [0, 0.1) is 12.7 Å². The Morgan fingerprint density at radius 3 is 2.48 bits per heavy atom. The SMILES string of the molecule is CCn1c(C)c(CCC(=O)Nc2ccc(F)cc2)c(=O)n2nc(-c3ccccc3)nc12. The van der Waals surface area contributed by atoms with E-state index in [2.05, 4.69) is 15.4 Å². The van der Waals surface area contributed by atoms with Crippen LogP contribution >= 0.6 is 0 Å². The summed E-state index contributed by atoms with van der Waals surface area (Å²) in [7, 11) is 0. The molecule has 2 aromatic heterocycles. The van der Waals surface area contributed by atoms with E-state index in [1.807, 2.05) is 48.7 Å². The summed E-state index contributed by atoms with van der Waals surface area (Å²) in [5.74, 6) is 0.329. The van der Waals surface area contributed by atoms with E-state index in [0.29, 0.717) is 29.4 Å². The standard InChI is InChI=1S/C23H22FN5O2/c1-3-28-15(2)19(13-14-20(30)25-18-11-9-17(24)10-12-18)22(31)29-23(28)26-21(27-29)16-7-5-4-6-8-16/h4-12H,3,13-14H2,1-2H3,(H,25,30). The highest BCUT2D eigenvalue weighted by molar-refractivity contribution is 5.90. The van der Waals surface area contributed by atoms with Crippen molar-refractivity contribution in [3.05, 3.63) is 82.0 Å². The molecule has 0 atom stereocenters. The van der Waals surface area contributed by atoms with Gasteiger partial charge in [0.05, 0.1) is 0 Å². The Morgan fingerprint density at radius 1 is 1.10 bits per heavy atom. The molecule has 4 aromatic rings. The van der Waals surface area contributed by atoms with Gasteiger partial charge < -0.3 is 9.88 Å². The first kappa shape index (κ1) is 20.5. The molecule has 0 aliphatic rings. The molecule has 1 N–H and O–H groups in total. The zero-order chi connectivity index (χ0) is 22.0. The molecule has 7 nitrogen and oxygen atoms in total. The number of hydrogen-bond donors (Lipinski definition) is 1. The van der Waals surface area contributed by atoms with Crippen LogP contribution in [-0.4, -0.2) is 25.1 Å². The number of carbonyl (C=O) groups is 1. The molecule has 31 heavy (non-hydrogen) atoms. The molecule has 0 spiro atoms. The number of aromatic nitrogens is 4. The quantitative estimate of drug-likeness (QED) is 0.518. The fourth-order valence-electron chi connectivity index (χ4n) is 3.58. The molecule has 0 unspecified atom stereocenters. The van der Waals surface area contributed by atoms with Crippen molar-refractivity contribution in [2.45, 2.75) is 33.2 Å². The second-order valence-corrected chi connectivity index (χ2v) is 7.18. The molecule has 0 bridgehead atoms. The highest BCUT2D eigenvalue weighted by atomic mass is 19.1. The number of rotatable bonds is 6. The largest absolute Gasteiger partial charge is 0.326 e. The van der Waals surface area contributed by atoms with Crippen molar-refractivity contribution in [2.24, 2.45) is 0 Å². The van der Waals surface area contributed by atoms with Gasteiger partial charge in [-0.05, 0) is 44.5 Å². The first-order chi connectivity index (χ1) is 15.0. The predicted octanol–water partition coefficient (Wildman–Crippen LogP) is 3.60. The van der Waals surface area contributed by atoms with E-state index in [1.165, 1.54) is 28.8 Å². The lowest BCUT2D eigenvalue weighted by atomic mass is 10.1. The van der Waals surface area contributed by atoms with Gasteiger partial charge in [-0.2, -0.15) is 9.50 Å². The molecule has 4 rings (SSSR count). The van der Waals surface area contributed by atoms with Gasteiger partial charge in [-0.15, -0.1) is 5.10 Å². The number of fused-ring (bicyclic) bond motifs is 1. The number of anilines is 1. The zero-order valence-corrected chi connectivity index (χ0v) is 17.3. The Morgan fingerprint density at radius 2 is 1.81 bits per heavy atom. The Bertz CT molecular complexity index is 1290. The Kier molecular flexibility index (Phi) is 5.62. The number of halogens is 1. The van der Waals surface area contributed by atoms with Crippen LogP contribution in [0.3, 0.4) is 0 Å². The molecule has 2 heterocycles. The monoisotopic (exact) mass is 419 g/mol. The van der Waals surface area contributed by atoms with Gasteiger partial charge in [-0.3, -0.25) is 9.59 Å². The third kappa shape index (κ3) is 4.09. The summed E-state index contributed by atoms with van der Waals surface area (Å²) in [5.41, 5.74) is 2.34. The molecule has 2 aromatic carbocycles. The minimum atomic E-state index is -0.371. The lowest BCUT2D eigenvalue weighted by molar-refractivity contribution is -0.116. The summed E-state index contributed by atoms with van der Waals surface area (Å²) in [6, 6.07) is 15.0. The lowest BCUT2D eigenvalue weighted by Gasteiger charge is -2.13. The van der Waals surface area contributed by atoms with Gasteiger partial charge in [-0.1, -0.05) is 30.3 Å². The van der Waals surface area contributed by atoms with E-state index in [4.69, 9.17) is 0 Å². The number of amides is 1. The van der Waals surface area contributed by atoms with Crippen LogP contribution < -0.4 is 10.9 Å². The summed E-state index contributed by atoms with van der Waals surface area (Å²) in [6.07, 6.45) is 0.372. The molecule has 158 valence electrons. The normalized spacial score (nSPS) is 11.1. The maximum absolute atomic E-state index is 13.1. The maximum atomic E-state index is 13.1. The fourth-order valence-corrected chi connectivity index (χ4v) is 3.58. The first-order valence-electron chi connectivity index (χ1n) is 10.1. The molecular weight excluding hydrogens is 397 g/mol. The van der Waals surface area contributed by atoms with Crippen molar-refractivity contribution < 1.29 is 9.18 Å². The highest BCUT2D eigenvalue weighted by Gasteiger charge is 2.18. The van der Waals surface area contributed by atoms with E-state index in [9.17, 15) is 14.0 Å². The molecule has 0 aliphatic heterocycles. The highest BCUT2D eigenvalue weighted by Crippen LogP contribution is 2.17. The van der Waals surface area contributed by atoms with E-state index < -0.39 is 0 Å². The third-order valence-corrected chi connectivity index (χ3v) is 5.20. The van der Waals surface area contributed by atoms with E-state index in [1.54, 1.807) is 0 Å². The molecule has 0 radical (unpaired) electrons. The number of hydrogen-bond acceptors (Lipinski definition) is 4. The minimum Gasteiger partial charge on any atom is -0.326 e. The van der Waals surface area contributed by atoms with Gasteiger partial charge in [0.1, 0.15) is 5.82 Å². The smallest absolute Gasteiger partial charge is 0.279 e. The summed E-state index contributed by atoms with van der Waals surface area (Å²) in [5, 5.41) is 7.15. The van der Waals surface area contributed by atoms with Crippen LogP contribution in [0.25, 0.3) is 17.2 Å². The summed E-state index contributed by atoms with van der Waals surface area (Å²) in [6.45, 7) is 4.44. The summed E-state index contributed by atoms with van der Waals surface area (Å²) in [4.78, 5) is 30.1. The van der Waals surface area contributed by atoms with Crippen LogP contribution in [0.2, 0.25) is 0 Å². The first-order valence-corrected chi connectivity index (χ1v) is 10.1. The predicted molar refractivity (Wildman–Crippen MR) is 116 cm³/mol. The van der Waals surface area contributed by atoms with Crippen molar-refractivity contribution >= 4 is 17.4 Å². The topological polar surface area (TPSA) is 81.3 Å². The summed E-state index contributed by atoms with van der Waals surface area (Å²) < 4.78 is 16.3. The average Bonchev–Trinajstić information content (AvgIpc) is 3.22. The molecule has 8 heteroatoms. The molecule has 0 saturated carbocycles. The second kappa shape index (κ2) is 8.51. The van der Waals surface area contributed by atoms with Gasteiger partial charge in [0.15, 0.2) is 5.82 Å². The van der Waals surface area contributed by atoms with Crippen molar-refractivity contribution in [3.8, 4) is 11.4 Å². The van der Waals surface area contributed by atoms with Gasteiger partial charge in [0.25, 0.3) is 5.56 Å². The Hall–Kier alpha value is -3.81. The van der Waals surface area contributed by atoms with E-state index in [0.717, 1.165) is 11.3 Å². The van der Waals surface area contributed by atoms with Crippen molar-refractivity contribution in [1.29, 1.82) is 0 Å². The second-order valence-electron chi connectivity index (χ2n) is 7.18. The number of aryl methyl sites for hydroxylation is 1. The number of benzene rings is 2. The van der Waals surface area contributed by atoms with Crippen LogP contribution in [0.1, 0.15) is 24.6 Å². The van der Waals surface area contributed by atoms with Crippen molar-refractivity contribution in [3.63, 3.8) is 0 Å². The molecule has 0 fully saturated rings. The zero-order valence-electron chi connectivity index (χ0n) is 17.3.